The molecule has 4 rings (SSSR count). The van der Waals surface area contributed by atoms with Crippen molar-refractivity contribution in [1.82, 2.24) is 0 Å². The molecule has 266 valence electrons. The third-order valence-corrected chi connectivity index (χ3v) is 9.97. The van der Waals surface area contributed by atoms with Crippen LogP contribution < -0.4 is 0 Å². The zero-order valence-corrected chi connectivity index (χ0v) is 30.3. The number of benzene rings is 2. The Morgan fingerprint density at radius 2 is 1.35 bits per heavy atom. The van der Waals surface area contributed by atoms with Crippen molar-refractivity contribution in [3.8, 4) is 10.4 Å². The average Bonchev–Trinajstić information content (AvgIpc) is 3.57. The number of thiophene rings is 1. The summed E-state index contributed by atoms with van der Waals surface area (Å²) in [5, 5.41) is 10.6. The predicted octanol–water partition coefficient (Wildman–Crippen LogP) is 9.45. The molecular weight excluding hydrogens is 627 g/mol. The van der Waals surface area contributed by atoms with E-state index in [2.05, 4.69) is 52.0 Å². The van der Waals surface area contributed by atoms with Gasteiger partial charge in [-0.05, 0) is 72.2 Å². The summed E-state index contributed by atoms with van der Waals surface area (Å²) in [6.07, 6.45) is 6.74. The quantitative estimate of drug-likeness (QED) is 0.106. The molecule has 0 saturated carbocycles. The molecule has 1 saturated heterocycles. The molecule has 1 fully saturated rings. The Labute approximate surface area is 291 Å². The Morgan fingerprint density at radius 3 is 2.00 bits per heavy atom. The van der Waals surface area contributed by atoms with E-state index in [1.165, 1.54) is 17.0 Å². The maximum atomic E-state index is 13.5. The van der Waals surface area contributed by atoms with E-state index in [4.69, 9.17) is 23.7 Å². The van der Waals surface area contributed by atoms with Gasteiger partial charge in [-0.3, -0.25) is 0 Å². The highest BCUT2D eigenvalue weighted by Gasteiger charge is 2.49. The Kier molecular flexibility index (Phi) is 17.0. The Hall–Kier alpha value is -2.17. The van der Waals surface area contributed by atoms with Crippen molar-refractivity contribution in [2.24, 2.45) is 0 Å². The van der Waals surface area contributed by atoms with Gasteiger partial charge < -0.3 is 28.8 Å². The first kappa shape index (κ1) is 38.6. The number of aliphatic hydroxyl groups is 1. The number of halogens is 1. The fourth-order valence-corrected chi connectivity index (χ4v) is 7.06. The van der Waals surface area contributed by atoms with Crippen LogP contribution in [0.1, 0.15) is 107 Å². The molecule has 5 atom stereocenters. The zero-order chi connectivity index (χ0) is 34.1. The highest BCUT2D eigenvalue weighted by atomic mass is 32.1. The van der Waals surface area contributed by atoms with Gasteiger partial charge in [0.2, 0.25) is 0 Å². The van der Waals surface area contributed by atoms with E-state index in [9.17, 15) is 9.50 Å². The fourth-order valence-electron chi connectivity index (χ4n) is 6.02. The molecule has 8 heteroatoms. The molecule has 0 spiro atoms. The van der Waals surface area contributed by atoms with Crippen LogP contribution >= 0.6 is 11.3 Å². The van der Waals surface area contributed by atoms with Gasteiger partial charge in [-0.25, -0.2) is 4.39 Å². The molecule has 0 amide bonds. The molecule has 1 aromatic heterocycles. The molecule has 1 aliphatic heterocycles. The van der Waals surface area contributed by atoms with Gasteiger partial charge in [-0.1, -0.05) is 83.7 Å². The molecule has 2 heterocycles. The predicted molar refractivity (Wildman–Crippen MR) is 192 cm³/mol. The van der Waals surface area contributed by atoms with Gasteiger partial charge in [0.15, 0.2) is 0 Å². The van der Waals surface area contributed by atoms with Crippen LogP contribution in [0.15, 0.2) is 54.6 Å². The minimum atomic E-state index is -0.473. The highest BCUT2D eigenvalue weighted by Crippen LogP contribution is 2.40. The van der Waals surface area contributed by atoms with Gasteiger partial charge in [0.1, 0.15) is 36.3 Å². The van der Waals surface area contributed by atoms with E-state index in [-0.39, 0.29) is 30.7 Å². The molecule has 0 radical (unpaired) electrons. The van der Waals surface area contributed by atoms with Gasteiger partial charge in [0, 0.05) is 42.6 Å². The van der Waals surface area contributed by atoms with E-state index in [0.29, 0.717) is 33.0 Å². The molecule has 48 heavy (non-hydrogen) atoms. The first-order chi connectivity index (χ1) is 23.5. The number of aliphatic hydroxyl groups excluding tert-OH is 1. The lowest BCUT2D eigenvalue weighted by atomic mass is 9.87. The van der Waals surface area contributed by atoms with Crippen molar-refractivity contribution in [3.05, 3.63) is 82.0 Å². The summed E-state index contributed by atoms with van der Waals surface area (Å²) in [6.45, 7) is 11.4. The summed E-state index contributed by atoms with van der Waals surface area (Å²) < 4.78 is 46.7. The van der Waals surface area contributed by atoms with Crippen LogP contribution in [0.5, 0.6) is 0 Å². The van der Waals surface area contributed by atoms with Crippen molar-refractivity contribution in [3.63, 3.8) is 0 Å². The Bertz CT molecular complexity index is 1310. The van der Waals surface area contributed by atoms with Crippen LogP contribution in [-0.4, -0.2) is 62.6 Å². The van der Waals surface area contributed by atoms with Crippen molar-refractivity contribution in [1.29, 1.82) is 0 Å². The SMILES string of the molecule is CCCCOC[C@H]1OC(c2cc(Cc3ccc(-c4ccc(F)cc4)s3)ccc2CO)[C@H](OCCCC)[C@@H](OCCCC)[C@@H]1OCCCC. The normalized spacial score (nSPS) is 21.2. The van der Waals surface area contributed by atoms with Crippen LogP contribution in [0.25, 0.3) is 10.4 Å². The minimum absolute atomic E-state index is 0.111. The first-order valence-corrected chi connectivity index (χ1v) is 19.0. The maximum absolute atomic E-state index is 13.5. The topological polar surface area (TPSA) is 66.4 Å². The molecular formula is C40H57FO6S. The maximum Gasteiger partial charge on any atom is 0.123 e. The largest absolute Gasteiger partial charge is 0.392 e. The lowest BCUT2D eigenvalue weighted by molar-refractivity contribution is -0.268. The van der Waals surface area contributed by atoms with Crippen LogP contribution in [0.2, 0.25) is 0 Å². The van der Waals surface area contributed by atoms with Crippen molar-refractivity contribution in [2.45, 2.75) is 123 Å². The van der Waals surface area contributed by atoms with Crippen LogP contribution in [0.3, 0.4) is 0 Å². The molecule has 0 aliphatic carbocycles. The lowest BCUT2D eigenvalue weighted by Gasteiger charge is -2.47. The summed E-state index contributed by atoms with van der Waals surface area (Å²) in [6, 6.07) is 17.1. The molecule has 1 unspecified atom stereocenters. The zero-order valence-electron chi connectivity index (χ0n) is 29.5. The molecule has 1 aliphatic rings. The average molecular weight is 685 g/mol. The molecule has 6 nitrogen and oxygen atoms in total. The van der Waals surface area contributed by atoms with Crippen molar-refractivity contribution >= 4 is 11.3 Å². The summed E-state index contributed by atoms with van der Waals surface area (Å²) in [5.74, 6) is -0.236. The number of unbranched alkanes of at least 4 members (excludes halogenated alkanes) is 4. The molecule has 1 N–H and O–H groups in total. The van der Waals surface area contributed by atoms with Crippen molar-refractivity contribution in [2.75, 3.05) is 33.0 Å². The van der Waals surface area contributed by atoms with E-state index < -0.39 is 12.2 Å². The second-order valence-corrected chi connectivity index (χ2v) is 13.9. The molecule has 0 bridgehead atoms. The van der Waals surface area contributed by atoms with Crippen molar-refractivity contribution < 1.29 is 33.2 Å². The smallest absolute Gasteiger partial charge is 0.123 e. The third-order valence-electron chi connectivity index (χ3n) is 8.84. The second-order valence-electron chi connectivity index (χ2n) is 12.7. The summed E-state index contributed by atoms with van der Waals surface area (Å²) in [5.41, 5.74) is 3.85. The number of hydrogen-bond donors (Lipinski definition) is 1. The molecule has 3 aromatic rings. The third kappa shape index (κ3) is 11.2. The van der Waals surface area contributed by atoms with E-state index in [1.54, 1.807) is 11.3 Å². The van der Waals surface area contributed by atoms with Gasteiger partial charge in [0.25, 0.3) is 0 Å². The van der Waals surface area contributed by atoms with Crippen LogP contribution in [-0.2, 0) is 36.7 Å². The van der Waals surface area contributed by atoms with Gasteiger partial charge in [-0.2, -0.15) is 0 Å². The van der Waals surface area contributed by atoms with Gasteiger partial charge in [-0.15, -0.1) is 11.3 Å². The summed E-state index contributed by atoms with van der Waals surface area (Å²) >= 11 is 1.71. The number of rotatable bonds is 22. The fraction of sp³-hybridized carbons (Fsp3) is 0.600. The first-order valence-electron chi connectivity index (χ1n) is 18.2. The van der Waals surface area contributed by atoms with E-state index in [1.807, 2.05) is 18.2 Å². The number of ether oxygens (including phenoxy) is 5. The van der Waals surface area contributed by atoms with E-state index in [0.717, 1.165) is 84.9 Å². The van der Waals surface area contributed by atoms with E-state index >= 15 is 0 Å². The van der Waals surface area contributed by atoms with Gasteiger partial charge in [0.05, 0.1) is 13.2 Å². The van der Waals surface area contributed by atoms with Crippen LogP contribution in [0.4, 0.5) is 4.39 Å². The summed E-state index contributed by atoms with van der Waals surface area (Å²) in [4.78, 5) is 2.30. The minimum Gasteiger partial charge on any atom is -0.392 e. The summed E-state index contributed by atoms with van der Waals surface area (Å²) in [7, 11) is 0. The van der Waals surface area contributed by atoms with Gasteiger partial charge >= 0.3 is 0 Å². The monoisotopic (exact) mass is 684 g/mol. The standard InChI is InChI=1S/C40H57FO6S/c1-5-9-21-43-28-35-38(44-22-10-6-2)40(46-24-12-8-4)39(45-23-11-7-3)37(47-35)34-26-29(13-14-31(34)27-42)25-33-19-20-36(48-33)30-15-17-32(41)18-16-30/h13-20,26,35,37-40,42H,5-12,21-25,27-28H2,1-4H3/t35-,37?,38-,39+,40+/m1/s1. The molecule has 2 aromatic carbocycles. The number of hydrogen-bond acceptors (Lipinski definition) is 7. The van der Waals surface area contributed by atoms with Crippen LogP contribution in [0, 0.1) is 5.82 Å². The lowest BCUT2D eigenvalue weighted by Crippen LogP contribution is -2.58. The Morgan fingerprint density at radius 1 is 0.729 bits per heavy atom. The Balaban J connectivity index is 1.68. The second kappa shape index (κ2) is 21.1. The highest BCUT2D eigenvalue weighted by molar-refractivity contribution is 7.15.